The van der Waals surface area contributed by atoms with Gasteiger partial charge < -0.3 is 19.9 Å². The van der Waals surface area contributed by atoms with Gasteiger partial charge in [0.05, 0.1) is 20.1 Å². The molecule has 10 nitrogen and oxygen atoms in total. The number of aryl methyl sites for hydroxylation is 1. The number of hydrogen-bond acceptors (Lipinski definition) is 8. The molecule has 0 radical (unpaired) electrons. The minimum atomic E-state index is -0.702. The fraction of sp³-hybridized carbons (Fsp3) is 0.342. The molecular weight excluding hydrogens is 610 g/mol. The van der Waals surface area contributed by atoms with Gasteiger partial charge in [-0.2, -0.15) is 0 Å². The van der Waals surface area contributed by atoms with Gasteiger partial charge in [0, 0.05) is 36.9 Å². The zero-order valence-electron chi connectivity index (χ0n) is 28.1. The van der Waals surface area contributed by atoms with Crippen LogP contribution in [0.15, 0.2) is 79.0 Å². The van der Waals surface area contributed by atoms with Crippen LogP contribution in [0, 0.1) is 6.92 Å². The summed E-state index contributed by atoms with van der Waals surface area (Å²) in [4.78, 5) is 56.6. The van der Waals surface area contributed by atoms with Gasteiger partial charge in [-0.15, -0.1) is 0 Å². The number of esters is 1. The van der Waals surface area contributed by atoms with E-state index >= 15 is 0 Å². The molecule has 0 spiro atoms. The molecular formula is C38H43N3O7. The number of anilines is 1. The number of phenolic OH excluding ortho intramolecular Hbond substituents is 1. The minimum absolute atomic E-state index is 0.00513. The summed E-state index contributed by atoms with van der Waals surface area (Å²) in [5.74, 6) is -0.817. The number of aromatic nitrogens is 1. The van der Waals surface area contributed by atoms with Crippen molar-refractivity contribution in [1.29, 1.82) is 0 Å². The molecule has 0 aliphatic rings. The minimum Gasteiger partial charge on any atom is -0.507 e. The first-order valence-corrected chi connectivity index (χ1v) is 15.9. The maximum Gasteiger partial charge on any atom is 0.416 e. The molecule has 2 amide bonds. The number of nitrogens with zero attached hydrogens (tertiary/aromatic N) is 2. The number of hydrogen-bond donors (Lipinski definition) is 2. The van der Waals surface area contributed by atoms with Gasteiger partial charge in [0.2, 0.25) is 5.91 Å². The van der Waals surface area contributed by atoms with Crippen LogP contribution in [0.5, 0.6) is 5.75 Å². The van der Waals surface area contributed by atoms with Gasteiger partial charge in [0.25, 0.3) is 0 Å². The van der Waals surface area contributed by atoms with Gasteiger partial charge in [-0.3, -0.25) is 19.3 Å². The third kappa shape index (κ3) is 9.87. The van der Waals surface area contributed by atoms with E-state index in [4.69, 9.17) is 9.47 Å². The lowest BCUT2D eigenvalue weighted by molar-refractivity contribution is -0.141. The number of ketones is 1. The largest absolute Gasteiger partial charge is 0.507 e. The lowest BCUT2D eigenvalue weighted by Gasteiger charge is -2.27. The predicted octanol–water partition coefficient (Wildman–Crippen LogP) is 6.86. The van der Waals surface area contributed by atoms with E-state index in [9.17, 15) is 24.3 Å². The normalized spacial score (nSPS) is 11.9. The number of fused-ring (bicyclic) bond motifs is 1. The molecule has 0 fully saturated rings. The summed E-state index contributed by atoms with van der Waals surface area (Å²) in [6.45, 7) is 7.24. The number of aromatic hydroxyl groups is 1. The molecule has 2 N–H and O–H groups in total. The molecule has 10 heteroatoms. The van der Waals surface area contributed by atoms with E-state index in [1.807, 2.05) is 61.5 Å². The van der Waals surface area contributed by atoms with Gasteiger partial charge in [0.15, 0.2) is 5.78 Å². The van der Waals surface area contributed by atoms with Crippen molar-refractivity contribution < 1.29 is 33.8 Å². The van der Waals surface area contributed by atoms with Crippen LogP contribution >= 0.6 is 0 Å². The Hall–Kier alpha value is -5.25. The number of benzene rings is 3. The van der Waals surface area contributed by atoms with E-state index in [1.54, 1.807) is 45.2 Å². The third-order valence-corrected chi connectivity index (χ3v) is 7.77. The van der Waals surface area contributed by atoms with Crippen molar-refractivity contribution in [3.8, 4) is 16.9 Å². The molecule has 4 aromatic rings. The monoisotopic (exact) mass is 653 g/mol. The van der Waals surface area contributed by atoms with Gasteiger partial charge >= 0.3 is 12.1 Å². The molecule has 0 saturated carbocycles. The molecule has 0 aliphatic carbocycles. The maximum atomic E-state index is 13.0. The molecule has 1 heterocycles. The average molecular weight is 654 g/mol. The van der Waals surface area contributed by atoms with E-state index in [2.05, 4.69) is 10.3 Å². The Balaban J connectivity index is 1.36. The van der Waals surface area contributed by atoms with Crippen molar-refractivity contribution in [2.45, 2.75) is 64.9 Å². The van der Waals surface area contributed by atoms with Crippen LogP contribution in [-0.2, 0) is 23.9 Å². The van der Waals surface area contributed by atoms with Crippen molar-refractivity contribution in [2.75, 3.05) is 25.1 Å². The number of rotatable bonds is 13. The summed E-state index contributed by atoms with van der Waals surface area (Å²) < 4.78 is 10.4. The molecule has 0 unspecified atom stereocenters. The molecule has 252 valence electrons. The van der Waals surface area contributed by atoms with Crippen molar-refractivity contribution in [3.63, 3.8) is 0 Å². The maximum absolute atomic E-state index is 13.0. The lowest BCUT2D eigenvalue weighted by atomic mass is 9.89. The molecule has 4 rings (SSSR count). The molecule has 3 aromatic carbocycles. The highest BCUT2D eigenvalue weighted by molar-refractivity contribution is 5.99. The van der Waals surface area contributed by atoms with Crippen molar-refractivity contribution >= 4 is 40.3 Å². The van der Waals surface area contributed by atoms with Crippen molar-refractivity contribution in [1.82, 2.24) is 10.3 Å². The van der Waals surface area contributed by atoms with Crippen LogP contribution < -0.4 is 10.2 Å². The SMILES string of the molecule is COC(=O)C[C@H](CC(=O)CNC(=O)CCCN(C(=O)OC(C)(C)C)c1cc(C)ccn1)c1ccc(-c2cccc3c(O)cccc23)cc1. The van der Waals surface area contributed by atoms with Crippen LogP contribution in [-0.4, -0.2) is 59.6 Å². The van der Waals surface area contributed by atoms with Crippen LogP contribution in [0.25, 0.3) is 21.9 Å². The Bertz CT molecular complexity index is 1760. The first kappa shape index (κ1) is 35.6. The summed E-state index contributed by atoms with van der Waals surface area (Å²) in [7, 11) is 1.30. The van der Waals surface area contributed by atoms with Gasteiger partial charge in [-0.05, 0) is 80.0 Å². The van der Waals surface area contributed by atoms with Gasteiger partial charge in [-0.25, -0.2) is 9.78 Å². The van der Waals surface area contributed by atoms with Crippen LogP contribution in [0.3, 0.4) is 0 Å². The number of pyridine rings is 1. The number of methoxy groups -OCH3 is 1. The van der Waals surface area contributed by atoms with Crippen LogP contribution in [0.4, 0.5) is 10.6 Å². The van der Waals surface area contributed by atoms with Crippen molar-refractivity contribution in [2.24, 2.45) is 0 Å². The number of carbonyl (C=O) groups excluding carboxylic acids is 4. The molecule has 1 atom stereocenters. The van der Waals surface area contributed by atoms with E-state index in [1.165, 1.54) is 12.0 Å². The fourth-order valence-electron chi connectivity index (χ4n) is 5.39. The highest BCUT2D eigenvalue weighted by Gasteiger charge is 2.25. The van der Waals surface area contributed by atoms with E-state index in [-0.39, 0.29) is 49.8 Å². The predicted molar refractivity (Wildman–Crippen MR) is 185 cm³/mol. The van der Waals surface area contributed by atoms with Crippen LogP contribution in [0.2, 0.25) is 0 Å². The zero-order valence-corrected chi connectivity index (χ0v) is 28.1. The number of amides is 2. The first-order valence-electron chi connectivity index (χ1n) is 15.9. The summed E-state index contributed by atoms with van der Waals surface area (Å²) in [6, 6.07) is 22.3. The Morgan fingerprint density at radius 1 is 0.938 bits per heavy atom. The Morgan fingerprint density at radius 3 is 2.33 bits per heavy atom. The first-order chi connectivity index (χ1) is 22.8. The number of nitrogens with one attached hydrogen (secondary N) is 1. The van der Waals surface area contributed by atoms with Gasteiger partial charge in [-0.1, -0.05) is 54.6 Å². The summed E-state index contributed by atoms with van der Waals surface area (Å²) in [6.07, 6.45) is 1.49. The standard InChI is InChI=1S/C38H43N3O7/c1-25-18-19-39-34(21-25)41(37(46)48-38(2,3)4)20-8-13-35(44)40-24-29(42)22-28(23-36(45)47-5)26-14-16-27(17-15-26)30-9-6-11-32-31(30)10-7-12-33(32)43/h6-7,9-12,14-19,21,28,43H,8,13,20,22-24H2,1-5H3,(H,40,44)/t28-/m0/s1. The Morgan fingerprint density at radius 2 is 1.65 bits per heavy atom. The summed E-state index contributed by atoms with van der Waals surface area (Å²) in [5.41, 5.74) is 2.89. The number of ether oxygens (including phenoxy) is 2. The second kappa shape index (κ2) is 16.0. The zero-order chi connectivity index (χ0) is 34.8. The lowest BCUT2D eigenvalue weighted by Crippen LogP contribution is -2.38. The van der Waals surface area contributed by atoms with Crippen molar-refractivity contribution in [3.05, 3.63) is 90.1 Å². The van der Waals surface area contributed by atoms with E-state index in [0.717, 1.165) is 33.0 Å². The second-order valence-electron chi connectivity index (χ2n) is 12.7. The van der Waals surface area contributed by atoms with E-state index < -0.39 is 23.6 Å². The molecule has 0 bridgehead atoms. The second-order valence-corrected chi connectivity index (χ2v) is 12.7. The number of carbonyl (C=O) groups is 4. The fourth-order valence-corrected chi connectivity index (χ4v) is 5.39. The number of phenols is 1. The smallest absolute Gasteiger partial charge is 0.416 e. The molecule has 1 aromatic heterocycles. The topological polar surface area (TPSA) is 135 Å². The molecule has 0 aliphatic heterocycles. The Labute approximate surface area is 281 Å². The van der Waals surface area contributed by atoms with E-state index in [0.29, 0.717) is 12.2 Å². The summed E-state index contributed by atoms with van der Waals surface area (Å²) >= 11 is 0. The van der Waals surface area contributed by atoms with Gasteiger partial charge in [0.1, 0.15) is 17.2 Å². The summed E-state index contributed by atoms with van der Waals surface area (Å²) in [5, 5.41) is 14.6. The average Bonchev–Trinajstić information content (AvgIpc) is 3.04. The Kier molecular flexibility index (Phi) is 11.9. The highest BCUT2D eigenvalue weighted by atomic mass is 16.6. The third-order valence-electron chi connectivity index (χ3n) is 7.77. The molecule has 48 heavy (non-hydrogen) atoms. The highest BCUT2D eigenvalue weighted by Crippen LogP contribution is 2.34. The quantitative estimate of drug-likeness (QED) is 0.150. The molecule has 0 saturated heterocycles. The van der Waals surface area contributed by atoms with Crippen LogP contribution in [0.1, 0.15) is 63.5 Å². The number of Topliss-reactive ketones (excluding diaryl/α,β-unsaturated/α-hetero) is 1.